The molecule has 1 atom stereocenters. The van der Waals surface area contributed by atoms with E-state index in [9.17, 15) is 0 Å². The number of nitrogens with one attached hydrogen (secondary N) is 1. The van der Waals surface area contributed by atoms with Crippen molar-refractivity contribution in [1.29, 1.82) is 0 Å². The fourth-order valence-electron chi connectivity index (χ4n) is 2.57. The number of hydrogen-bond donors (Lipinski definition) is 1. The van der Waals surface area contributed by atoms with E-state index in [0.717, 1.165) is 37.5 Å². The van der Waals surface area contributed by atoms with Gasteiger partial charge in [0.2, 0.25) is 0 Å². The molecule has 0 bridgehead atoms. The maximum Gasteiger partial charge on any atom is 0.128 e. The van der Waals surface area contributed by atoms with Gasteiger partial charge in [-0.25, -0.2) is 0 Å². The quantitative estimate of drug-likeness (QED) is 0.879. The predicted molar refractivity (Wildman–Crippen MR) is 78.0 cm³/mol. The summed E-state index contributed by atoms with van der Waals surface area (Å²) in [7, 11) is 0. The first-order valence-electron chi connectivity index (χ1n) is 7.25. The second kappa shape index (κ2) is 5.83. The fraction of sp³-hybridized carbons (Fsp3) is 0.625. The van der Waals surface area contributed by atoms with Crippen LogP contribution in [-0.2, 0) is 0 Å². The lowest BCUT2D eigenvalue weighted by atomic mass is 9.89. The summed E-state index contributed by atoms with van der Waals surface area (Å²) in [6.45, 7) is 10.2. The van der Waals surface area contributed by atoms with Crippen LogP contribution < -0.4 is 14.8 Å². The zero-order chi connectivity index (χ0) is 13.9. The molecule has 106 valence electrons. The molecule has 0 fully saturated rings. The fourth-order valence-corrected chi connectivity index (χ4v) is 2.57. The zero-order valence-corrected chi connectivity index (χ0v) is 12.5. The van der Waals surface area contributed by atoms with Gasteiger partial charge in [-0.1, -0.05) is 19.9 Å². The van der Waals surface area contributed by atoms with E-state index in [4.69, 9.17) is 9.47 Å². The first-order valence-corrected chi connectivity index (χ1v) is 7.25. The maximum absolute atomic E-state index is 6.10. The number of benzene rings is 1. The van der Waals surface area contributed by atoms with Gasteiger partial charge >= 0.3 is 0 Å². The molecule has 0 saturated carbocycles. The summed E-state index contributed by atoms with van der Waals surface area (Å²) in [6, 6.07) is 6.56. The van der Waals surface area contributed by atoms with Gasteiger partial charge in [-0.3, -0.25) is 0 Å². The summed E-state index contributed by atoms with van der Waals surface area (Å²) in [4.78, 5) is 0. The second-order valence-corrected chi connectivity index (χ2v) is 5.72. The van der Waals surface area contributed by atoms with Gasteiger partial charge < -0.3 is 14.8 Å². The molecule has 0 saturated heterocycles. The van der Waals surface area contributed by atoms with Gasteiger partial charge in [0.25, 0.3) is 0 Å². The molecule has 3 heteroatoms. The molecule has 1 aromatic rings. The molecule has 0 aromatic heterocycles. The number of fused-ring (bicyclic) bond motifs is 1. The standard InChI is InChI=1S/C16H25NO2/c1-5-9-18-12-7-8-13-14(17-6-2)11-16(3,4)19-15(13)10-12/h7-8,10,14,17H,5-6,9,11H2,1-4H3. The molecule has 2 rings (SSSR count). The molecule has 0 spiro atoms. The maximum atomic E-state index is 6.10. The minimum absolute atomic E-state index is 0.136. The van der Waals surface area contributed by atoms with Gasteiger partial charge in [0, 0.05) is 24.1 Å². The summed E-state index contributed by atoms with van der Waals surface area (Å²) >= 11 is 0. The van der Waals surface area contributed by atoms with E-state index < -0.39 is 0 Å². The summed E-state index contributed by atoms with van der Waals surface area (Å²) in [5.41, 5.74) is 1.11. The Kier molecular flexibility index (Phi) is 4.35. The largest absolute Gasteiger partial charge is 0.493 e. The smallest absolute Gasteiger partial charge is 0.128 e. The molecule has 0 aliphatic carbocycles. The predicted octanol–water partition coefficient (Wildman–Crippen LogP) is 3.69. The first-order chi connectivity index (χ1) is 9.05. The SMILES string of the molecule is CCCOc1ccc2c(c1)OC(C)(C)CC2NCC. The Labute approximate surface area is 116 Å². The van der Waals surface area contributed by atoms with Crippen molar-refractivity contribution < 1.29 is 9.47 Å². The van der Waals surface area contributed by atoms with Crippen molar-refractivity contribution in [3.05, 3.63) is 23.8 Å². The van der Waals surface area contributed by atoms with Gasteiger partial charge in [-0.05, 0) is 32.9 Å². The van der Waals surface area contributed by atoms with E-state index in [1.807, 2.05) is 12.1 Å². The molecule has 1 aliphatic heterocycles. The highest BCUT2D eigenvalue weighted by molar-refractivity contribution is 5.44. The lowest BCUT2D eigenvalue weighted by Gasteiger charge is -2.38. The van der Waals surface area contributed by atoms with E-state index >= 15 is 0 Å². The van der Waals surface area contributed by atoms with Crippen molar-refractivity contribution in [3.8, 4) is 11.5 Å². The van der Waals surface area contributed by atoms with Gasteiger partial charge in [-0.2, -0.15) is 0 Å². The van der Waals surface area contributed by atoms with Crippen LogP contribution in [0.25, 0.3) is 0 Å². The first kappa shape index (κ1) is 14.2. The van der Waals surface area contributed by atoms with Crippen LogP contribution >= 0.6 is 0 Å². The lowest BCUT2D eigenvalue weighted by Crippen LogP contribution is -2.39. The van der Waals surface area contributed by atoms with Crippen molar-refractivity contribution in [1.82, 2.24) is 5.32 Å². The van der Waals surface area contributed by atoms with E-state index in [1.54, 1.807) is 0 Å². The minimum Gasteiger partial charge on any atom is -0.493 e. The normalized spacial score (nSPS) is 20.5. The van der Waals surface area contributed by atoms with Crippen molar-refractivity contribution in [2.75, 3.05) is 13.2 Å². The molecule has 0 amide bonds. The van der Waals surface area contributed by atoms with Crippen LogP contribution in [0.15, 0.2) is 18.2 Å². The van der Waals surface area contributed by atoms with Gasteiger partial charge in [0.1, 0.15) is 17.1 Å². The monoisotopic (exact) mass is 263 g/mol. The summed E-state index contributed by atoms with van der Waals surface area (Å²) < 4.78 is 11.8. The highest BCUT2D eigenvalue weighted by atomic mass is 16.5. The molecule has 1 N–H and O–H groups in total. The molecular weight excluding hydrogens is 238 g/mol. The van der Waals surface area contributed by atoms with E-state index in [-0.39, 0.29) is 5.60 Å². The molecule has 3 nitrogen and oxygen atoms in total. The van der Waals surface area contributed by atoms with E-state index in [0.29, 0.717) is 6.04 Å². The van der Waals surface area contributed by atoms with Crippen molar-refractivity contribution in [3.63, 3.8) is 0 Å². The van der Waals surface area contributed by atoms with Crippen LogP contribution in [0, 0.1) is 0 Å². The third-order valence-electron chi connectivity index (χ3n) is 3.37. The third-order valence-corrected chi connectivity index (χ3v) is 3.37. The van der Waals surface area contributed by atoms with Crippen LogP contribution in [0.3, 0.4) is 0 Å². The number of ether oxygens (including phenoxy) is 2. The molecule has 1 unspecified atom stereocenters. The van der Waals surface area contributed by atoms with E-state index in [1.165, 1.54) is 5.56 Å². The number of hydrogen-bond acceptors (Lipinski definition) is 3. The lowest BCUT2D eigenvalue weighted by molar-refractivity contribution is 0.0660. The van der Waals surface area contributed by atoms with Crippen LogP contribution in [0.2, 0.25) is 0 Å². The Morgan fingerprint density at radius 1 is 1.37 bits per heavy atom. The highest BCUT2D eigenvalue weighted by Crippen LogP contribution is 2.41. The van der Waals surface area contributed by atoms with Crippen molar-refractivity contribution >= 4 is 0 Å². The average molecular weight is 263 g/mol. The zero-order valence-electron chi connectivity index (χ0n) is 12.5. The minimum atomic E-state index is -0.136. The Balaban J connectivity index is 2.26. The van der Waals surface area contributed by atoms with Gasteiger partial charge in [0.15, 0.2) is 0 Å². The Bertz CT molecular complexity index is 429. The second-order valence-electron chi connectivity index (χ2n) is 5.72. The number of rotatable bonds is 5. The molecule has 1 heterocycles. The summed E-state index contributed by atoms with van der Waals surface area (Å²) in [6.07, 6.45) is 2.01. The van der Waals surface area contributed by atoms with Crippen LogP contribution in [-0.4, -0.2) is 18.8 Å². The summed E-state index contributed by atoms with van der Waals surface area (Å²) in [5.74, 6) is 1.85. The Hall–Kier alpha value is -1.22. The summed E-state index contributed by atoms with van der Waals surface area (Å²) in [5, 5.41) is 3.54. The molecule has 1 aromatic carbocycles. The topological polar surface area (TPSA) is 30.5 Å². The van der Waals surface area contributed by atoms with Crippen LogP contribution in [0.1, 0.15) is 52.1 Å². The van der Waals surface area contributed by atoms with Crippen LogP contribution in [0.4, 0.5) is 0 Å². The molecule has 19 heavy (non-hydrogen) atoms. The Morgan fingerprint density at radius 3 is 2.84 bits per heavy atom. The average Bonchev–Trinajstić information content (AvgIpc) is 2.35. The molecule has 0 radical (unpaired) electrons. The Morgan fingerprint density at radius 2 is 2.16 bits per heavy atom. The molecular formula is C16H25NO2. The van der Waals surface area contributed by atoms with Gasteiger partial charge in [0.05, 0.1) is 6.61 Å². The van der Waals surface area contributed by atoms with Crippen molar-refractivity contribution in [2.24, 2.45) is 0 Å². The molecule has 1 aliphatic rings. The van der Waals surface area contributed by atoms with Gasteiger partial charge in [-0.15, -0.1) is 0 Å². The highest BCUT2D eigenvalue weighted by Gasteiger charge is 2.33. The van der Waals surface area contributed by atoms with Crippen molar-refractivity contribution in [2.45, 2.75) is 52.2 Å². The van der Waals surface area contributed by atoms with E-state index in [2.05, 4.69) is 39.1 Å². The third kappa shape index (κ3) is 3.41. The van der Waals surface area contributed by atoms with Crippen LogP contribution in [0.5, 0.6) is 11.5 Å².